The van der Waals surface area contributed by atoms with Gasteiger partial charge in [0.25, 0.3) is 5.91 Å². The van der Waals surface area contributed by atoms with E-state index in [1.54, 1.807) is 29.6 Å². The lowest BCUT2D eigenvalue weighted by molar-refractivity contribution is -0.136. The SMILES string of the molecule is Cc1cc(C(=O)Nc2cccc(CSCCC(=O)O)c2)nn1C. The van der Waals surface area contributed by atoms with E-state index in [9.17, 15) is 9.59 Å². The topological polar surface area (TPSA) is 84.2 Å². The number of carbonyl (C=O) groups is 2. The molecule has 0 saturated heterocycles. The first kappa shape index (κ1) is 17.1. The second kappa shape index (κ2) is 7.82. The van der Waals surface area contributed by atoms with Crippen LogP contribution in [0.1, 0.15) is 28.2 Å². The van der Waals surface area contributed by atoms with Gasteiger partial charge in [-0.25, -0.2) is 0 Å². The van der Waals surface area contributed by atoms with Crippen LogP contribution in [0.15, 0.2) is 30.3 Å². The zero-order valence-electron chi connectivity index (χ0n) is 13.1. The molecule has 0 saturated carbocycles. The zero-order valence-corrected chi connectivity index (χ0v) is 13.9. The molecule has 0 bridgehead atoms. The molecular formula is C16H19N3O3S. The number of aromatic nitrogens is 2. The minimum atomic E-state index is -0.788. The maximum absolute atomic E-state index is 12.2. The summed E-state index contributed by atoms with van der Waals surface area (Å²) in [5.74, 6) is 0.243. The minimum absolute atomic E-state index is 0.153. The van der Waals surface area contributed by atoms with Gasteiger partial charge in [0.2, 0.25) is 0 Å². The highest BCUT2D eigenvalue weighted by Crippen LogP contribution is 2.18. The molecule has 0 aliphatic heterocycles. The molecule has 0 fully saturated rings. The zero-order chi connectivity index (χ0) is 16.8. The van der Waals surface area contributed by atoms with Crippen LogP contribution in [0.4, 0.5) is 5.69 Å². The Kier molecular flexibility index (Phi) is 5.81. The van der Waals surface area contributed by atoms with Gasteiger partial charge in [0, 0.05) is 29.9 Å². The summed E-state index contributed by atoms with van der Waals surface area (Å²) >= 11 is 1.55. The number of carboxylic acids is 1. The Hall–Kier alpha value is -2.28. The number of aliphatic carboxylic acids is 1. The maximum Gasteiger partial charge on any atom is 0.304 e. The molecule has 2 aromatic rings. The standard InChI is InChI=1S/C16H19N3O3S/c1-11-8-14(18-19(11)2)16(22)17-13-5-3-4-12(9-13)10-23-7-6-15(20)21/h3-5,8-9H,6-7,10H2,1-2H3,(H,17,22)(H,20,21). The lowest BCUT2D eigenvalue weighted by atomic mass is 10.2. The van der Waals surface area contributed by atoms with Crippen LogP contribution in [0.25, 0.3) is 0 Å². The summed E-state index contributed by atoms with van der Waals surface area (Å²) in [5.41, 5.74) is 3.04. The first-order chi connectivity index (χ1) is 11.0. The van der Waals surface area contributed by atoms with Crippen molar-refractivity contribution in [2.24, 2.45) is 7.05 Å². The second-order valence-electron chi connectivity index (χ2n) is 5.15. The molecule has 1 heterocycles. The molecule has 0 aliphatic rings. The van der Waals surface area contributed by atoms with Crippen LogP contribution >= 0.6 is 11.8 Å². The number of aryl methyl sites for hydroxylation is 2. The molecule has 2 rings (SSSR count). The van der Waals surface area contributed by atoms with E-state index in [4.69, 9.17) is 5.11 Å². The normalized spacial score (nSPS) is 10.5. The van der Waals surface area contributed by atoms with E-state index in [2.05, 4.69) is 10.4 Å². The third kappa shape index (κ3) is 5.14. The van der Waals surface area contributed by atoms with E-state index >= 15 is 0 Å². The van der Waals surface area contributed by atoms with Gasteiger partial charge in [-0.15, -0.1) is 0 Å². The molecule has 1 aromatic heterocycles. The third-order valence-electron chi connectivity index (χ3n) is 3.26. The number of benzene rings is 1. The second-order valence-corrected chi connectivity index (χ2v) is 6.25. The Bertz CT molecular complexity index is 693. The first-order valence-corrected chi connectivity index (χ1v) is 8.31. The molecule has 7 heteroatoms. The number of carbonyl (C=O) groups excluding carboxylic acids is 1. The molecule has 2 N–H and O–H groups in total. The Morgan fingerprint density at radius 2 is 2.13 bits per heavy atom. The molecule has 0 aliphatic carbocycles. The van der Waals surface area contributed by atoms with Crippen molar-refractivity contribution in [2.45, 2.75) is 19.1 Å². The number of amides is 1. The molecule has 0 atom stereocenters. The number of rotatable bonds is 7. The summed E-state index contributed by atoms with van der Waals surface area (Å²) in [5, 5.41) is 15.6. The summed E-state index contributed by atoms with van der Waals surface area (Å²) in [4.78, 5) is 22.6. The highest BCUT2D eigenvalue weighted by atomic mass is 32.2. The van der Waals surface area contributed by atoms with Crippen LogP contribution in [0.2, 0.25) is 0 Å². The minimum Gasteiger partial charge on any atom is -0.481 e. The molecule has 122 valence electrons. The third-order valence-corrected chi connectivity index (χ3v) is 4.29. The first-order valence-electron chi connectivity index (χ1n) is 7.16. The highest BCUT2D eigenvalue weighted by molar-refractivity contribution is 7.98. The van der Waals surface area contributed by atoms with Gasteiger partial charge in [-0.1, -0.05) is 12.1 Å². The summed E-state index contributed by atoms with van der Waals surface area (Å²) < 4.78 is 1.66. The Balaban J connectivity index is 1.94. The van der Waals surface area contributed by atoms with Crippen LogP contribution in [-0.4, -0.2) is 32.5 Å². The average molecular weight is 333 g/mol. The van der Waals surface area contributed by atoms with Gasteiger partial charge in [0.1, 0.15) is 0 Å². The smallest absolute Gasteiger partial charge is 0.304 e. The Labute approximate surface area is 138 Å². The highest BCUT2D eigenvalue weighted by Gasteiger charge is 2.11. The van der Waals surface area contributed by atoms with Crippen molar-refractivity contribution in [3.63, 3.8) is 0 Å². The number of anilines is 1. The van der Waals surface area contributed by atoms with Crippen molar-refractivity contribution in [2.75, 3.05) is 11.1 Å². The fourth-order valence-corrected chi connectivity index (χ4v) is 2.83. The fourth-order valence-electron chi connectivity index (χ4n) is 1.96. The quantitative estimate of drug-likeness (QED) is 0.761. The number of nitrogens with one attached hydrogen (secondary N) is 1. The summed E-state index contributed by atoms with van der Waals surface area (Å²) in [6.07, 6.45) is 0.153. The van der Waals surface area contributed by atoms with Crippen molar-refractivity contribution in [1.29, 1.82) is 0 Å². The average Bonchev–Trinajstić information content (AvgIpc) is 2.84. The van der Waals surface area contributed by atoms with Gasteiger partial charge >= 0.3 is 5.97 Å². The molecule has 0 spiro atoms. The molecule has 1 amide bonds. The number of hydrogen-bond acceptors (Lipinski definition) is 4. The van der Waals surface area contributed by atoms with E-state index in [0.29, 0.717) is 22.9 Å². The lowest BCUT2D eigenvalue weighted by Gasteiger charge is -2.06. The van der Waals surface area contributed by atoms with Crippen molar-refractivity contribution in [3.05, 3.63) is 47.3 Å². The molecule has 23 heavy (non-hydrogen) atoms. The van der Waals surface area contributed by atoms with Gasteiger partial charge in [-0.05, 0) is 30.7 Å². The van der Waals surface area contributed by atoms with E-state index in [1.165, 1.54) is 0 Å². The van der Waals surface area contributed by atoms with Gasteiger partial charge in [-0.3, -0.25) is 14.3 Å². The van der Waals surface area contributed by atoms with Gasteiger partial charge in [0.05, 0.1) is 6.42 Å². The molecular weight excluding hydrogens is 314 g/mol. The van der Waals surface area contributed by atoms with Crippen molar-refractivity contribution >= 4 is 29.3 Å². The molecule has 0 unspecified atom stereocenters. The fraction of sp³-hybridized carbons (Fsp3) is 0.312. The predicted octanol–water partition coefficient (Wildman–Crippen LogP) is 2.69. The van der Waals surface area contributed by atoms with Crippen molar-refractivity contribution in [1.82, 2.24) is 9.78 Å². The summed E-state index contributed by atoms with van der Waals surface area (Å²) in [7, 11) is 1.79. The van der Waals surface area contributed by atoms with E-state index in [0.717, 1.165) is 11.3 Å². The van der Waals surface area contributed by atoms with Crippen LogP contribution in [-0.2, 0) is 17.6 Å². The Morgan fingerprint density at radius 1 is 1.35 bits per heavy atom. The largest absolute Gasteiger partial charge is 0.481 e. The predicted molar refractivity (Wildman–Crippen MR) is 90.8 cm³/mol. The van der Waals surface area contributed by atoms with Gasteiger partial charge in [-0.2, -0.15) is 16.9 Å². The number of thioether (sulfide) groups is 1. The van der Waals surface area contributed by atoms with Crippen molar-refractivity contribution < 1.29 is 14.7 Å². The van der Waals surface area contributed by atoms with Crippen LogP contribution in [0, 0.1) is 6.92 Å². The Morgan fingerprint density at radius 3 is 2.78 bits per heavy atom. The number of carboxylic acid groups (broad SMARTS) is 1. The van der Waals surface area contributed by atoms with E-state index in [1.807, 2.05) is 31.2 Å². The molecule has 1 aromatic carbocycles. The maximum atomic E-state index is 12.2. The van der Waals surface area contributed by atoms with Gasteiger partial charge in [0.15, 0.2) is 5.69 Å². The van der Waals surface area contributed by atoms with E-state index in [-0.39, 0.29) is 12.3 Å². The lowest BCUT2D eigenvalue weighted by Crippen LogP contribution is -2.13. The van der Waals surface area contributed by atoms with Gasteiger partial charge < -0.3 is 10.4 Å². The monoisotopic (exact) mass is 333 g/mol. The summed E-state index contributed by atoms with van der Waals surface area (Å²) in [6, 6.07) is 9.27. The van der Waals surface area contributed by atoms with E-state index < -0.39 is 5.97 Å². The number of nitrogens with zero attached hydrogens (tertiary/aromatic N) is 2. The van der Waals surface area contributed by atoms with Crippen molar-refractivity contribution in [3.8, 4) is 0 Å². The summed E-state index contributed by atoms with van der Waals surface area (Å²) in [6.45, 7) is 1.89. The van der Waals surface area contributed by atoms with Crippen LogP contribution < -0.4 is 5.32 Å². The van der Waals surface area contributed by atoms with Crippen LogP contribution in [0.5, 0.6) is 0 Å². The molecule has 0 radical (unpaired) electrons. The van der Waals surface area contributed by atoms with Crippen LogP contribution in [0.3, 0.4) is 0 Å². The molecule has 6 nitrogen and oxygen atoms in total. The number of hydrogen-bond donors (Lipinski definition) is 2.